The summed E-state index contributed by atoms with van der Waals surface area (Å²) in [6, 6.07) is 6.84. The Labute approximate surface area is 115 Å². The molecule has 0 amide bonds. The van der Waals surface area contributed by atoms with Gasteiger partial charge in [0.1, 0.15) is 0 Å². The lowest BCUT2D eigenvalue weighted by molar-refractivity contribution is 0.463. The topological polar surface area (TPSA) is 29.9 Å². The standard InChI is InChI=1S/C16H23N3/c1-11-8-12(2)16(13(3)9-11)15(17-5)10-19-7-6-14(4)18-19/h6-9,15,17H,10H2,1-5H3. The Balaban J connectivity index is 2.32. The van der Waals surface area contributed by atoms with Crippen LogP contribution in [0.2, 0.25) is 0 Å². The van der Waals surface area contributed by atoms with Crippen LogP contribution >= 0.6 is 0 Å². The van der Waals surface area contributed by atoms with Crippen molar-refractivity contribution in [2.75, 3.05) is 7.05 Å². The van der Waals surface area contributed by atoms with E-state index in [1.54, 1.807) is 0 Å². The predicted molar refractivity (Wildman–Crippen MR) is 79.4 cm³/mol. The number of nitrogens with zero attached hydrogens (tertiary/aromatic N) is 2. The van der Waals surface area contributed by atoms with Gasteiger partial charge in [0.2, 0.25) is 0 Å². The average molecular weight is 257 g/mol. The first-order valence-electron chi connectivity index (χ1n) is 6.76. The van der Waals surface area contributed by atoms with Crippen LogP contribution < -0.4 is 5.32 Å². The number of aryl methyl sites for hydroxylation is 4. The van der Waals surface area contributed by atoms with Crippen LogP contribution in [0.25, 0.3) is 0 Å². The van der Waals surface area contributed by atoms with E-state index < -0.39 is 0 Å². The summed E-state index contributed by atoms with van der Waals surface area (Å²) in [5.41, 5.74) is 6.47. The van der Waals surface area contributed by atoms with E-state index in [4.69, 9.17) is 0 Å². The third-order valence-corrected chi connectivity index (χ3v) is 3.58. The molecule has 1 N–H and O–H groups in total. The highest BCUT2D eigenvalue weighted by molar-refractivity contribution is 5.39. The number of hydrogen-bond donors (Lipinski definition) is 1. The van der Waals surface area contributed by atoms with Crippen molar-refractivity contribution < 1.29 is 0 Å². The molecule has 0 spiro atoms. The number of nitrogens with one attached hydrogen (secondary N) is 1. The zero-order chi connectivity index (χ0) is 14.0. The van der Waals surface area contributed by atoms with E-state index in [-0.39, 0.29) is 0 Å². The minimum atomic E-state index is 0.292. The molecule has 1 atom stereocenters. The van der Waals surface area contributed by atoms with Crippen molar-refractivity contribution in [3.05, 3.63) is 52.3 Å². The fourth-order valence-corrected chi connectivity index (χ4v) is 2.82. The Hall–Kier alpha value is -1.61. The summed E-state index contributed by atoms with van der Waals surface area (Å²) in [5.74, 6) is 0. The number of likely N-dealkylation sites (N-methyl/N-ethyl adjacent to an activating group) is 1. The van der Waals surface area contributed by atoms with Crippen LogP contribution in [0.1, 0.15) is 34.0 Å². The molecule has 3 nitrogen and oxygen atoms in total. The molecule has 2 aromatic rings. The highest BCUT2D eigenvalue weighted by Gasteiger charge is 2.15. The third-order valence-electron chi connectivity index (χ3n) is 3.58. The van der Waals surface area contributed by atoms with Gasteiger partial charge >= 0.3 is 0 Å². The maximum atomic E-state index is 4.48. The van der Waals surface area contributed by atoms with Gasteiger partial charge in [-0.25, -0.2) is 0 Å². The van der Waals surface area contributed by atoms with Gasteiger partial charge in [0.15, 0.2) is 0 Å². The molecular formula is C16H23N3. The third kappa shape index (κ3) is 3.04. The van der Waals surface area contributed by atoms with Gasteiger partial charge in [-0.2, -0.15) is 5.10 Å². The lowest BCUT2D eigenvalue weighted by Crippen LogP contribution is -2.24. The summed E-state index contributed by atoms with van der Waals surface area (Å²) < 4.78 is 2.01. The Morgan fingerprint density at radius 1 is 1.16 bits per heavy atom. The summed E-state index contributed by atoms with van der Waals surface area (Å²) in [6.07, 6.45) is 2.04. The maximum Gasteiger partial charge on any atom is 0.0604 e. The van der Waals surface area contributed by atoms with E-state index in [2.05, 4.69) is 43.3 Å². The van der Waals surface area contributed by atoms with Crippen molar-refractivity contribution in [2.24, 2.45) is 0 Å². The molecule has 0 aliphatic carbocycles. The summed E-state index contributed by atoms with van der Waals surface area (Å²) in [7, 11) is 2.01. The van der Waals surface area contributed by atoms with E-state index in [9.17, 15) is 0 Å². The van der Waals surface area contributed by atoms with Gasteiger partial charge in [0.05, 0.1) is 18.3 Å². The Morgan fingerprint density at radius 3 is 2.26 bits per heavy atom. The second kappa shape index (κ2) is 5.57. The molecule has 0 radical (unpaired) electrons. The van der Waals surface area contributed by atoms with Gasteiger partial charge in [-0.15, -0.1) is 0 Å². The zero-order valence-electron chi connectivity index (χ0n) is 12.5. The highest BCUT2D eigenvalue weighted by atomic mass is 15.3. The van der Waals surface area contributed by atoms with Crippen molar-refractivity contribution >= 4 is 0 Å². The van der Waals surface area contributed by atoms with Crippen molar-refractivity contribution in [1.82, 2.24) is 15.1 Å². The summed E-state index contributed by atoms with van der Waals surface area (Å²) in [4.78, 5) is 0. The van der Waals surface area contributed by atoms with E-state index in [1.807, 2.05) is 30.9 Å². The van der Waals surface area contributed by atoms with Crippen molar-refractivity contribution in [3.63, 3.8) is 0 Å². The van der Waals surface area contributed by atoms with Crippen LogP contribution in [0.15, 0.2) is 24.4 Å². The molecular weight excluding hydrogens is 234 g/mol. The van der Waals surface area contributed by atoms with E-state index in [0.717, 1.165) is 12.2 Å². The zero-order valence-corrected chi connectivity index (χ0v) is 12.5. The van der Waals surface area contributed by atoms with Crippen LogP contribution in [-0.2, 0) is 6.54 Å². The molecule has 0 saturated heterocycles. The SMILES string of the molecule is CNC(Cn1ccc(C)n1)c1c(C)cc(C)cc1C. The molecule has 0 aliphatic rings. The minimum Gasteiger partial charge on any atom is -0.311 e. The first kappa shape index (κ1) is 13.8. The fraction of sp³-hybridized carbons (Fsp3) is 0.438. The molecule has 1 aromatic carbocycles. The molecule has 3 heteroatoms. The molecule has 0 fully saturated rings. The molecule has 2 rings (SSSR count). The highest BCUT2D eigenvalue weighted by Crippen LogP contribution is 2.24. The first-order chi connectivity index (χ1) is 9.01. The van der Waals surface area contributed by atoms with Crippen LogP contribution in [0.5, 0.6) is 0 Å². The second-order valence-electron chi connectivity index (χ2n) is 5.33. The molecule has 102 valence electrons. The molecule has 1 unspecified atom stereocenters. The van der Waals surface area contributed by atoms with E-state index >= 15 is 0 Å². The quantitative estimate of drug-likeness (QED) is 0.912. The van der Waals surface area contributed by atoms with Crippen LogP contribution in [-0.4, -0.2) is 16.8 Å². The molecule has 19 heavy (non-hydrogen) atoms. The van der Waals surface area contributed by atoms with Gasteiger partial charge in [-0.1, -0.05) is 17.7 Å². The normalized spacial score (nSPS) is 12.7. The van der Waals surface area contributed by atoms with Crippen molar-refractivity contribution in [3.8, 4) is 0 Å². The van der Waals surface area contributed by atoms with Crippen LogP contribution in [0, 0.1) is 27.7 Å². The average Bonchev–Trinajstić information content (AvgIpc) is 2.72. The number of aromatic nitrogens is 2. The van der Waals surface area contributed by atoms with Gasteiger partial charge in [-0.3, -0.25) is 4.68 Å². The molecule has 1 aromatic heterocycles. The lowest BCUT2D eigenvalue weighted by atomic mass is 9.94. The van der Waals surface area contributed by atoms with Gasteiger partial charge < -0.3 is 5.32 Å². The van der Waals surface area contributed by atoms with Crippen molar-refractivity contribution in [2.45, 2.75) is 40.3 Å². The Kier molecular flexibility index (Phi) is 4.05. The van der Waals surface area contributed by atoms with Gasteiger partial charge in [0.25, 0.3) is 0 Å². The lowest BCUT2D eigenvalue weighted by Gasteiger charge is -2.22. The van der Waals surface area contributed by atoms with Crippen LogP contribution in [0.4, 0.5) is 0 Å². The number of hydrogen-bond acceptors (Lipinski definition) is 2. The number of rotatable bonds is 4. The van der Waals surface area contributed by atoms with Crippen LogP contribution in [0.3, 0.4) is 0 Å². The van der Waals surface area contributed by atoms with Gasteiger partial charge in [-0.05, 0) is 57.5 Å². The Bertz CT molecular complexity index is 546. The summed E-state index contributed by atoms with van der Waals surface area (Å²) >= 11 is 0. The largest absolute Gasteiger partial charge is 0.311 e. The molecule has 0 bridgehead atoms. The predicted octanol–water partition coefficient (Wildman–Crippen LogP) is 3.08. The fourth-order valence-electron chi connectivity index (χ4n) is 2.82. The summed E-state index contributed by atoms with van der Waals surface area (Å²) in [6.45, 7) is 9.40. The Morgan fingerprint density at radius 2 is 1.79 bits per heavy atom. The van der Waals surface area contributed by atoms with Gasteiger partial charge in [0, 0.05) is 6.20 Å². The maximum absolute atomic E-state index is 4.48. The minimum absolute atomic E-state index is 0.292. The molecule has 1 heterocycles. The van der Waals surface area contributed by atoms with E-state index in [0.29, 0.717) is 6.04 Å². The van der Waals surface area contributed by atoms with E-state index in [1.165, 1.54) is 22.3 Å². The monoisotopic (exact) mass is 257 g/mol. The first-order valence-corrected chi connectivity index (χ1v) is 6.76. The molecule has 0 aliphatic heterocycles. The van der Waals surface area contributed by atoms with Crippen molar-refractivity contribution in [1.29, 1.82) is 0 Å². The second-order valence-corrected chi connectivity index (χ2v) is 5.33. The smallest absolute Gasteiger partial charge is 0.0604 e. The molecule has 0 saturated carbocycles. The summed E-state index contributed by atoms with van der Waals surface area (Å²) in [5, 5.41) is 7.89. The number of benzene rings is 1.